The molecule has 11 heteroatoms. The fourth-order valence-electron chi connectivity index (χ4n) is 4.25. The van der Waals surface area contributed by atoms with Crippen molar-refractivity contribution < 1.29 is 17.6 Å². The number of halogens is 1. The number of aromatic nitrogens is 4. The van der Waals surface area contributed by atoms with E-state index in [1.54, 1.807) is 16.8 Å². The Hall–Kier alpha value is -3.08. The third-order valence-electron chi connectivity index (χ3n) is 5.67. The first-order chi connectivity index (χ1) is 15.6. The van der Waals surface area contributed by atoms with Gasteiger partial charge in [-0.1, -0.05) is 0 Å². The molecule has 5 rings (SSSR count). The lowest BCUT2D eigenvalue weighted by Gasteiger charge is -2.27. The van der Waals surface area contributed by atoms with Crippen LogP contribution in [0.5, 0.6) is 0 Å². The Kier molecular flexibility index (Phi) is 6.33. The topological polar surface area (TPSA) is 110 Å². The minimum absolute atomic E-state index is 0.0271. The number of fused-ring (bicyclic) bond motifs is 5. The largest absolute Gasteiger partial charge is 0.349 e. The number of carbonyl (C=O) groups is 1. The van der Waals surface area contributed by atoms with Crippen LogP contribution in [-0.4, -0.2) is 59.0 Å². The minimum Gasteiger partial charge on any atom is -0.349 e. The summed E-state index contributed by atoms with van der Waals surface area (Å²) in [6, 6.07) is 3.48. The summed E-state index contributed by atoms with van der Waals surface area (Å²) >= 11 is 0. The highest BCUT2D eigenvalue weighted by Crippen LogP contribution is 2.37. The molecule has 0 aliphatic carbocycles. The minimum atomic E-state index is -2.67. The van der Waals surface area contributed by atoms with Crippen molar-refractivity contribution in [1.29, 1.82) is 0 Å². The van der Waals surface area contributed by atoms with Gasteiger partial charge in [0.15, 0.2) is 5.65 Å². The Bertz CT molecular complexity index is 1280. The molecule has 33 heavy (non-hydrogen) atoms. The van der Waals surface area contributed by atoms with Crippen molar-refractivity contribution in [3.63, 3.8) is 0 Å². The second-order valence-corrected chi connectivity index (χ2v) is 11.0. The van der Waals surface area contributed by atoms with Crippen LogP contribution < -0.4 is 10.2 Å². The molecule has 1 saturated heterocycles. The maximum atomic E-state index is 14.1. The first-order valence-corrected chi connectivity index (χ1v) is 13.1. The van der Waals surface area contributed by atoms with E-state index in [1.807, 2.05) is 19.2 Å². The second kappa shape index (κ2) is 9.05. The molecule has 2 atom stereocenters. The molecule has 176 valence electrons. The van der Waals surface area contributed by atoms with Crippen LogP contribution >= 0.6 is 0 Å². The lowest BCUT2D eigenvalue weighted by Crippen LogP contribution is -2.33. The van der Waals surface area contributed by atoms with Gasteiger partial charge in [-0.15, -0.1) is 0 Å². The average molecular weight is 475 g/mol. The number of anilines is 1. The zero-order valence-corrected chi connectivity index (χ0v) is 19.6. The average Bonchev–Trinajstić information content (AvgIpc) is 3.37. The SMILES string of the molecule is CS(C)(=O)=O.C[C@@H]1CCc2ncc(F)cc2[C@H]2CCCN2c2ccn3ncc(c3n2)C(=O)N1. The third-order valence-corrected chi connectivity index (χ3v) is 5.67. The van der Waals surface area contributed by atoms with Gasteiger partial charge < -0.3 is 10.2 Å². The van der Waals surface area contributed by atoms with Crippen molar-refractivity contribution in [2.75, 3.05) is 24.0 Å². The van der Waals surface area contributed by atoms with Crippen molar-refractivity contribution in [2.24, 2.45) is 0 Å². The Morgan fingerprint density at radius 3 is 2.73 bits per heavy atom. The fraction of sp³-hybridized carbons (Fsp3) is 0.455. The van der Waals surface area contributed by atoms with Crippen molar-refractivity contribution in [3.8, 4) is 0 Å². The second-order valence-electron chi connectivity index (χ2n) is 8.71. The summed E-state index contributed by atoms with van der Waals surface area (Å²) in [5.41, 5.74) is 2.81. The molecule has 9 nitrogen and oxygen atoms in total. The number of amides is 1. The summed E-state index contributed by atoms with van der Waals surface area (Å²) in [5, 5.41) is 7.27. The molecule has 0 aromatic carbocycles. The number of carbonyl (C=O) groups excluding carboxylic acids is 1. The van der Waals surface area contributed by atoms with Crippen LogP contribution in [0.25, 0.3) is 5.65 Å². The summed E-state index contributed by atoms with van der Waals surface area (Å²) in [6.45, 7) is 2.79. The van der Waals surface area contributed by atoms with Crippen LogP contribution in [0.1, 0.15) is 53.8 Å². The van der Waals surface area contributed by atoms with E-state index in [0.29, 0.717) is 17.6 Å². The summed E-state index contributed by atoms with van der Waals surface area (Å²) in [6.07, 6.45) is 10.3. The van der Waals surface area contributed by atoms with Gasteiger partial charge in [-0.25, -0.2) is 22.3 Å². The van der Waals surface area contributed by atoms with Gasteiger partial charge in [0.25, 0.3) is 5.91 Å². The summed E-state index contributed by atoms with van der Waals surface area (Å²) in [7, 11) is -2.67. The van der Waals surface area contributed by atoms with E-state index in [9.17, 15) is 17.6 Å². The predicted octanol–water partition coefficient (Wildman–Crippen LogP) is 2.33. The summed E-state index contributed by atoms with van der Waals surface area (Å²) in [5.74, 6) is 0.265. The highest BCUT2D eigenvalue weighted by Gasteiger charge is 2.31. The van der Waals surface area contributed by atoms with Gasteiger partial charge in [-0.3, -0.25) is 9.78 Å². The molecule has 1 fully saturated rings. The Labute approximate surface area is 192 Å². The lowest BCUT2D eigenvalue weighted by molar-refractivity contribution is 0.0940. The first kappa shape index (κ1) is 23.1. The number of sulfone groups is 1. The van der Waals surface area contributed by atoms with Gasteiger partial charge in [0.05, 0.1) is 18.4 Å². The number of hydrogen-bond acceptors (Lipinski definition) is 7. The van der Waals surface area contributed by atoms with E-state index in [4.69, 9.17) is 4.98 Å². The van der Waals surface area contributed by atoms with Crippen molar-refractivity contribution >= 4 is 27.2 Å². The van der Waals surface area contributed by atoms with E-state index in [2.05, 4.69) is 20.3 Å². The van der Waals surface area contributed by atoms with Gasteiger partial charge in [0.2, 0.25) is 0 Å². The van der Waals surface area contributed by atoms with Crippen molar-refractivity contribution in [1.82, 2.24) is 24.9 Å². The molecule has 0 radical (unpaired) electrons. The van der Waals surface area contributed by atoms with Gasteiger partial charge in [0.1, 0.15) is 27.0 Å². The molecular weight excluding hydrogens is 447 g/mol. The molecular formula is C22H27FN6O3S. The number of pyridine rings is 1. The van der Waals surface area contributed by atoms with Gasteiger partial charge in [-0.2, -0.15) is 5.10 Å². The van der Waals surface area contributed by atoms with E-state index < -0.39 is 9.84 Å². The zero-order valence-electron chi connectivity index (χ0n) is 18.8. The lowest BCUT2D eigenvalue weighted by atomic mass is 9.98. The van der Waals surface area contributed by atoms with E-state index in [1.165, 1.54) is 6.20 Å². The fourth-order valence-corrected chi connectivity index (χ4v) is 4.25. The Morgan fingerprint density at radius 1 is 1.21 bits per heavy atom. The molecule has 2 aliphatic rings. The molecule has 3 aromatic heterocycles. The normalized spacial score (nSPS) is 20.6. The number of rotatable bonds is 0. The van der Waals surface area contributed by atoms with Crippen LogP contribution in [0.3, 0.4) is 0 Å². The van der Waals surface area contributed by atoms with E-state index >= 15 is 0 Å². The van der Waals surface area contributed by atoms with Crippen LogP contribution in [0, 0.1) is 5.82 Å². The highest BCUT2D eigenvalue weighted by molar-refractivity contribution is 7.89. The molecule has 0 spiro atoms. The molecule has 1 amide bonds. The van der Waals surface area contributed by atoms with Crippen LogP contribution in [0.4, 0.5) is 10.2 Å². The summed E-state index contributed by atoms with van der Waals surface area (Å²) in [4.78, 5) is 24.1. The Morgan fingerprint density at radius 2 is 1.97 bits per heavy atom. The number of hydrogen-bond donors (Lipinski definition) is 1. The van der Waals surface area contributed by atoms with E-state index in [-0.39, 0.29) is 23.8 Å². The van der Waals surface area contributed by atoms with Gasteiger partial charge in [-0.05, 0) is 50.3 Å². The maximum absolute atomic E-state index is 14.1. The molecule has 2 aliphatic heterocycles. The van der Waals surface area contributed by atoms with Crippen molar-refractivity contribution in [3.05, 3.63) is 53.4 Å². The molecule has 1 N–H and O–H groups in total. The third kappa shape index (κ3) is 5.29. The van der Waals surface area contributed by atoms with Crippen molar-refractivity contribution in [2.45, 2.75) is 44.7 Å². The number of aryl methyl sites for hydroxylation is 1. The van der Waals surface area contributed by atoms with Gasteiger partial charge >= 0.3 is 0 Å². The molecule has 3 aromatic rings. The molecule has 0 saturated carbocycles. The monoisotopic (exact) mass is 474 g/mol. The highest BCUT2D eigenvalue weighted by atomic mass is 32.2. The zero-order chi connectivity index (χ0) is 23.8. The summed E-state index contributed by atoms with van der Waals surface area (Å²) < 4.78 is 34.9. The van der Waals surface area contributed by atoms with Crippen LogP contribution in [0.15, 0.2) is 30.7 Å². The maximum Gasteiger partial charge on any atom is 0.256 e. The molecule has 2 bridgehead atoms. The number of nitrogens with one attached hydrogen (secondary N) is 1. The van der Waals surface area contributed by atoms with Gasteiger partial charge in [0, 0.05) is 37.0 Å². The smallest absolute Gasteiger partial charge is 0.256 e. The Balaban J connectivity index is 0.000000471. The standard InChI is InChI=1S/C20H21FN6O.C2H6O2S/c1-12-4-5-16-14(9-13(21)10-22-16)17-3-2-7-26(17)18-6-8-27-19(25-18)15(11-23-27)20(28)24-12;1-5(2,3)4/h6,8-12,17H,2-5,7H2,1H3,(H,24,28);1-2H3/t12-,17-;/m1./s1. The van der Waals surface area contributed by atoms with Crippen LogP contribution in [-0.2, 0) is 16.3 Å². The molecule has 5 heterocycles. The van der Waals surface area contributed by atoms with Crippen LogP contribution in [0.2, 0.25) is 0 Å². The first-order valence-electron chi connectivity index (χ1n) is 10.8. The van der Waals surface area contributed by atoms with E-state index in [0.717, 1.165) is 55.4 Å². The quantitative estimate of drug-likeness (QED) is 0.533. The number of nitrogens with zero attached hydrogens (tertiary/aromatic N) is 5. The molecule has 0 unspecified atom stereocenters. The predicted molar refractivity (Wildman–Crippen MR) is 123 cm³/mol.